The molecule has 7 heteroatoms. The van der Waals surface area contributed by atoms with Crippen LogP contribution in [0.3, 0.4) is 0 Å². The maximum absolute atomic E-state index is 8.87. The Kier molecular flexibility index (Phi) is 6.00. The predicted molar refractivity (Wildman–Crippen MR) is 116 cm³/mol. The molecule has 146 valence electrons. The highest BCUT2D eigenvalue weighted by atomic mass is 32.1. The summed E-state index contributed by atoms with van der Waals surface area (Å²) in [7, 11) is 0. The van der Waals surface area contributed by atoms with Crippen molar-refractivity contribution >= 4 is 33.1 Å². The number of pyridine rings is 1. The molecule has 3 aromatic rings. The van der Waals surface area contributed by atoms with Crippen molar-refractivity contribution in [1.29, 1.82) is 5.26 Å². The lowest BCUT2D eigenvalue weighted by Crippen LogP contribution is -2.09. The topological polar surface area (TPSA) is 82.9 Å². The number of thiazole rings is 1. The number of aromatic nitrogens is 2. The van der Waals surface area contributed by atoms with E-state index in [4.69, 9.17) is 15.0 Å². The molecule has 2 N–H and O–H groups in total. The van der Waals surface area contributed by atoms with E-state index >= 15 is 0 Å². The third-order valence-electron chi connectivity index (χ3n) is 4.10. The first-order chi connectivity index (χ1) is 13.4. The smallest absolute Gasteiger partial charge is 0.183 e. The Morgan fingerprint density at radius 3 is 2.64 bits per heavy atom. The summed E-state index contributed by atoms with van der Waals surface area (Å²) >= 11 is 1.56. The largest absolute Gasteiger partial charge is 0.490 e. The zero-order chi connectivity index (χ0) is 20.3. The Labute approximate surface area is 169 Å². The van der Waals surface area contributed by atoms with E-state index < -0.39 is 0 Å². The number of nitriles is 1. The SMILES string of the molecule is Cc1c(NCC#N)ccc2c(OC(C)C)cc(-c3csc(NC(C)C)n3)nc12. The molecule has 0 unspecified atom stereocenters. The summed E-state index contributed by atoms with van der Waals surface area (Å²) in [6, 6.07) is 8.35. The summed E-state index contributed by atoms with van der Waals surface area (Å²) in [4.78, 5) is 9.57. The van der Waals surface area contributed by atoms with Crippen molar-refractivity contribution in [2.75, 3.05) is 17.2 Å². The molecular weight excluding hydrogens is 370 g/mol. The van der Waals surface area contributed by atoms with E-state index in [1.165, 1.54) is 0 Å². The monoisotopic (exact) mass is 395 g/mol. The zero-order valence-electron chi connectivity index (χ0n) is 16.8. The summed E-state index contributed by atoms with van der Waals surface area (Å²) in [5.74, 6) is 0.788. The van der Waals surface area contributed by atoms with Gasteiger partial charge in [-0.1, -0.05) is 0 Å². The quantitative estimate of drug-likeness (QED) is 0.534. The molecule has 0 atom stereocenters. The molecular formula is C21H25N5OS. The van der Waals surface area contributed by atoms with Crippen LogP contribution >= 0.6 is 11.3 Å². The van der Waals surface area contributed by atoms with Gasteiger partial charge < -0.3 is 15.4 Å². The minimum Gasteiger partial charge on any atom is -0.490 e. The summed E-state index contributed by atoms with van der Waals surface area (Å²) in [5, 5.41) is 19.2. The predicted octanol–water partition coefficient (Wildman–Crippen LogP) is 5.21. The van der Waals surface area contributed by atoms with Gasteiger partial charge in [0, 0.05) is 28.6 Å². The van der Waals surface area contributed by atoms with E-state index in [-0.39, 0.29) is 12.6 Å². The van der Waals surface area contributed by atoms with E-state index in [1.54, 1.807) is 11.3 Å². The molecule has 2 heterocycles. The number of fused-ring (bicyclic) bond motifs is 1. The Morgan fingerprint density at radius 2 is 1.96 bits per heavy atom. The summed E-state index contributed by atoms with van der Waals surface area (Å²) in [6.45, 7) is 10.4. The second-order valence-electron chi connectivity index (χ2n) is 7.16. The average Bonchev–Trinajstić information content (AvgIpc) is 3.08. The van der Waals surface area contributed by atoms with E-state index in [0.717, 1.165) is 44.4 Å². The molecule has 0 spiro atoms. The lowest BCUT2D eigenvalue weighted by atomic mass is 10.1. The second kappa shape index (κ2) is 8.44. The van der Waals surface area contributed by atoms with Crippen LogP contribution in [0.4, 0.5) is 10.8 Å². The number of ether oxygens (including phenoxy) is 1. The molecule has 0 aliphatic carbocycles. The fourth-order valence-corrected chi connectivity index (χ4v) is 3.76. The Bertz CT molecular complexity index is 1020. The van der Waals surface area contributed by atoms with Crippen LogP contribution in [0.5, 0.6) is 5.75 Å². The molecule has 0 radical (unpaired) electrons. The summed E-state index contributed by atoms with van der Waals surface area (Å²) in [6.07, 6.45) is 0.0451. The lowest BCUT2D eigenvalue weighted by Gasteiger charge is -2.16. The van der Waals surface area contributed by atoms with E-state index in [0.29, 0.717) is 6.04 Å². The Hall–Kier alpha value is -2.85. The molecule has 0 aliphatic rings. The lowest BCUT2D eigenvalue weighted by molar-refractivity contribution is 0.245. The number of anilines is 2. The third-order valence-corrected chi connectivity index (χ3v) is 4.87. The van der Waals surface area contributed by atoms with Crippen molar-refractivity contribution in [1.82, 2.24) is 9.97 Å². The molecule has 0 saturated carbocycles. The molecule has 3 rings (SSSR count). The highest BCUT2D eigenvalue weighted by Crippen LogP contribution is 2.35. The first-order valence-corrected chi connectivity index (χ1v) is 10.2. The molecule has 0 bridgehead atoms. The first kappa shape index (κ1) is 19.9. The third kappa shape index (κ3) is 4.34. The maximum Gasteiger partial charge on any atom is 0.183 e. The van der Waals surface area contributed by atoms with Crippen LogP contribution < -0.4 is 15.4 Å². The highest BCUT2D eigenvalue weighted by Gasteiger charge is 2.15. The number of nitrogens with one attached hydrogen (secondary N) is 2. The fourth-order valence-electron chi connectivity index (χ4n) is 2.91. The molecule has 2 aromatic heterocycles. The standard InChI is InChI=1S/C21H25N5OS/c1-12(2)24-21-26-18(11-28-21)17-10-19(27-13(3)4)15-6-7-16(23-9-8-22)14(5)20(15)25-17/h6-7,10-13,23H,9H2,1-5H3,(H,24,26). The number of nitrogens with zero attached hydrogens (tertiary/aromatic N) is 3. The van der Waals surface area contributed by atoms with Crippen LogP contribution in [-0.4, -0.2) is 28.7 Å². The minimum absolute atomic E-state index is 0.0451. The number of rotatable bonds is 7. The Balaban J connectivity index is 2.13. The molecule has 0 fully saturated rings. The van der Waals surface area contributed by atoms with Gasteiger partial charge in [0.1, 0.15) is 18.0 Å². The van der Waals surface area contributed by atoms with Gasteiger partial charge in [0.25, 0.3) is 0 Å². The number of aryl methyl sites for hydroxylation is 1. The van der Waals surface area contributed by atoms with E-state index in [2.05, 4.69) is 35.5 Å². The van der Waals surface area contributed by atoms with Gasteiger partial charge in [-0.2, -0.15) is 5.26 Å². The molecule has 28 heavy (non-hydrogen) atoms. The van der Waals surface area contributed by atoms with Crippen molar-refractivity contribution in [3.05, 3.63) is 29.1 Å². The van der Waals surface area contributed by atoms with Gasteiger partial charge in [0.05, 0.1) is 23.4 Å². The molecule has 0 amide bonds. The number of hydrogen-bond donors (Lipinski definition) is 2. The van der Waals surface area contributed by atoms with Crippen LogP contribution in [0.2, 0.25) is 0 Å². The van der Waals surface area contributed by atoms with E-state index in [9.17, 15) is 0 Å². The van der Waals surface area contributed by atoms with Gasteiger partial charge in [-0.3, -0.25) is 0 Å². The Morgan fingerprint density at radius 1 is 1.18 bits per heavy atom. The van der Waals surface area contributed by atoms with Crippen LogP contribution in [0, 0.1) is 18.3 Å². The van der Waals surface area contributed by atoms with Gasteiger partial charge in [-0.15, -0.1) is 11.3 Å². The van der Waals surface area contributed by atoms with E-state index in [1.807, 2.05) is 44.4 Å². The van der Waals surface area contributed by atoms with Crippen molar-refractivity contribution < 1.29 is 4.74 Å². The van der Waals surface area contributed by atoms with Gasteiger partial charge in [-0.05, 0) is 52.3 Å². The maximum atomic E-state index is 8.87. The highest BCUT2D eigenvalue weighted by molar-refractivity contribution is 7.14. The van der Waals surface area contributed by atoms with Crippen LogP contribution in [0.25, 0.3) is 22.3 Å². The first-order valence-electron chi connectivity index (χ1n) is 9.33. The second-order valence-corrected chi connectivity index (χ2v) is 8.01. The van der Waals surface area contributed by atoms with Gasteiger partial charge in [0.2, 0.25) is 0 Å². The van der Waals surface area contributed by atoms with Crippen molar-refractivity contribution in [3.8, 4) is 23.2 Å². The van der Waals surface area contributed by atoms with Gasteiger partial charge in [0.15, 0.2) is 5.13 Å². The van der Waals surface area contributed by atoms with Crippen LogP contribution in [0.1, 0.15) is 33.3 Å². The zero-order valence-corrected chi connectivity index (χ0v) is 17.6. The van der Waals surface area contributed by atoms with Gasteiger partial charge >= 0.3 is 0 Å². The molecule has 0 saturated heterocycles. The van der Waals surface area contributed by atoms with Gasteiger partial charge in [-0.25, -0.2) is 9.97 Å². The molecule has 0 aliphatic heterocycles. The summed E-state index contributed by atoms with van der Waals surface area (Å²) in [5.41, 5.74) is 4.33. The number of hydrogen-bond acceptors (Lipinski definition) is 7. The number of benzene rings is 1. The fraction of sp³-hybridized carbons (Fsp3) is 0.381. The normalized spacial score (nSPS) is 11.1. The molecule has 1 aromatic carbocycles. The molecule has 6 nitrogen and oxygen atoms in total. The van der Waals surface area contributed by atoms with Crippen LogP contribution in [-0.2, 0) is 0 Å². The average molecular weight is 396 g/mol. The van der Waals surface area contributed by atoms with Crippen molar-refractivity contribution in [2.45, 2.75) is 46.8 Å². The van der Waals surface area contributed by atoms with Crippen molar-refractivity contribution in [2.24, 2.45) is 0 Å². The minimum atomic E-state index is 0.0451. The van der Waals surface area contributed by atoms with Crippen LogP contribution in [0.15, 0.2) is 23.6 Å². The van der Waals surface area contributed by atoms with Crippen molar-refractivity contribution in [3.63, 3.8) is 0 Å². The summed E-state index contributed by atoms with van der Waals surface area (Å²) < 4.78 is 6.08.